The van der Waals surface area contributed by atoms with E-state index in [4.69, 9.17) is 4.74 Å². The van der Waals surface area contributed by atoms with Crippen LogP contribution in [0.15, 0.2) is 71.7 Å². The molecule has 3 N–H and O–H groups in total. The third-order valence-corrected chi connectivity index (χ3v) is 5.23. The highest BCUT2D eigenvalue weighted by atomic mass is 19.4. The van der Waals surface area contributed by atoms with Crippen LogP contribution in [0.25, 0.3) is 16.9 Å². The van der Waals surface area contributed by atoms with Crippen LogP contribution in [0.4, 0.5) is 19.0 Å². The van der Waals surface area contributed by atoms with E-state index in [-0.39, 0.29) is 17.1 Å². The number of carbonyl (C=O) groups is 1. The Morgan fingerprint density at radius 3 is 2.58 bits per heavy atom. The summed E-state index contributed by atoms with van der Waals surface area (Å²) >= 11 is 0. The molecule has 2 aromatic carbocycles. The Labute approximate surface area is 200 Å². The number of aryl methyl sites for hydroxylation is 1. The van der Waals surface area contributed by atoms with Crippen LogP contribution in [0.3, 0.4) is 0 Å². The standard InChI is InChI=1S/C24H17F3N6O3/c1-13-5-7-15(8-6-13)33-19(12-18(32-33)24(25,26)27)29-22(34)14-3-2-4-16(11-14)36-17-9-10-28-21-20(17)30-23(35)31-21/h2-12H,1H3,(H,29,34)(H2,28,30,31,35). The summed E-state index contributed by atoms with van der Waals surface area (Å²) < 4.78 is 46.9. The van der Waals surface area contributed by atoms with Gasteiger partial charge >= 0.3 is 11.9 Å². The molecule has 0 bridgehead atoms. The number of hydrogen-bond donors (Lipinski definition) is 3. The Morgan fingerprint density at radius 1 is 1.06 bits per heavy atom. The molecule has 9 nitrogen and oxygen atoms in total. The Balaban J connectivity index is 1.44. The Morgan fingerprint density at radius 2 is 1.83 bits per heavy atom. The van der Waals surface area contributed by atoms with Gasteiger partial charge in [0, 0.05) is 23.9 Å². The Kier molecular flexibility index (Phi) is 5.55. The van der Waals surface area contributed by atoms with Crippen LogP contribution < -0.4 is 15.7 Å². The fourth-order valence-corrected chi connectivity index (χ4v) is 3.50. The number of alkyl halides is 3. The van der Waals surface area contributed by atoms with Crippen molar-refractivity contribution in [2.45, 2.75) is 13.1 Å². The maximum absolute atomic E-state index is 13.4. The van der Waals surface area contributed by atoms with E-state index in [0.717, 1.165) is 16.3 Å². The van der Waals surface area contributed by atoms with Crippen LogP contribution in [0.1, 0.15) is 21.6 Å². The third kappa shape index (κ3) is 4.56. The van der Waals surface area contributed by atoms with Crippen molar-refractivity contribution in [3.63, 3.8) is 0 Å². The minimum absolute atomic E-state index is 0.130. The van der Waals surface area contributed by atoms with Crippen molar-refractivity contribution in [1.29, 1.82) is 0 Å². The van der Waals surface area contributed by atoms with Crippen LogP contribution in [0, 0.1) is 6.92 Å². The molecular formula is C24H17F3N6O3. The van der Waals surface area contributed by atoms with Gasteiger partial charge in [-0.3, -0.25) is 9.78 Å². The van der Waals surface area contributed by atoms with Crippen molar-refractivity contribution in [2.24, 2.45) is 0 Å². The molecule has 3 aromatic heterocycles. The molecule has 36 heavy (non-hydrogen) atoms. The van der Waals surface area contributed by atoms with Crippen molar-refractivity contribution < 1.29 is 22.7 Å². The van der Waals surface area contributed by atoms with E-state index in [1.807, 2.05) is 6.92 Å². The smallest absolute Gasteiger partial charge is 0.435 e. The summed E-state index contributed by atoms with van der Waals surface area (Å²) in [6, 6.07) is 15.0. The lowest BCUT2D eigenvalue weighted by Crippen LogP contribution is -2.15. The predicted octanol–water partition coefficient (Wildman–Crippen LogP) is 4.81. The highest BCUT2D eigenvalue weighted by Gasteiger charge is 2.35. The van der Waals surface area contributed by atoms with Gasteiger partial charge in [0.05, 0.1) is 5.69 Å². The van der Waals surface area contributed by atoms with Gasteiger partial charge in [0.2, 0.25) is 0 Å². The number of carbonyl (C=O) groups excluding carboxylic acids is 1. The highest BCUT2D eigenvalue weighted by molar-refractivity contribution is 6.04. The number of nitrogens with zero attached hydrogens (tertiary/aromatic N) is 3. The van der Waals surface area contributed by atoms with Gasteiger partial charge in [0.25, 0.3) is 5.91 Å². The molecule has 0 aliphatic rings. The minimum atomic E-state index is -4.70. The van der Waals surface area contributed by atoms with Gasteiger partial charge in [0.15, 0.2) is 17.1 Å². The SMILES string of the molecule is Cc1ccc(-n2nc(C(F)(F)F)cc2NC(=O)c2cccc(Oc3ccnc4[nH]c(=O)[nH]c34)c2)cc1. The Bertz CT molecular complexity index is 1630. The lowest BCUT2D eigenvalue weighted by Gasteiger charge is -2.11. The quantitative estimate of drug-likeness (QED) is 0.324. The fourth-order valence-electron chi connectivity index (χ4n) is 3.50. The summed E-state index contributed by atoms with van der Waals surface area (Å²) in [7, 11) is 0. The van der Waals surface area contributed by atoms with Crippen molar-refractivity contribution >= 4 is 22.9 Å². The number of hydrogen-bond acceptors (Lipinski definition) is 5. The fraction of sp³-hybridized carbons (Fsp3) is 0.0833. The number of aromatic amines is 2. The van der Waals surface area contributed by atoms with Gasteiger partial charge in [-0.2, -0.15) is 18.3 Å². The zero-order chi connectivity index (χ0) is 25.4. The van der Waals surface area contributed by atoms with Gasteiger partial charge in [-0.15, -0.1) is 0 Å². The monoisotopic (exact) mass is 494 g/mol. The summed E-state index contributed by atoms with van der Waals surface area (Å²) in [5.74, 6) is -0.260. The van der Waals surface area contributed by atoms with Crippen molar-refractivity contribution in [3.8, 4) is 17.2 Å². The zero-order valence-corrected chi connectivity index (χ0v) is 18.6. The zero-order valence-electron chi connectivity index (χ0n) is 18.6. The molecule has 0 aliphatic heterocycles. The van der Waals surface area contributed by atoms with E-state index in [1.54, 1.807) is 36.4 Å². The number of amides is 1. The number of halogens is 3. The highest BCUT2D eigenvalue weighted by Crippen LogP contribution is 2.32. The molecule has 0 spiro atoms. The van der Waals surface area contributed by atoms with Crippen LogP contribution in [0.2, 0.25) is 0 Å². The second kappa shape index (κ2) is 8.73. The summed E-state index contributed by atoms with van der Waals surface area (Å²) in [4.78, 5) is 33.7. The predicted molar refractivity (Wildman–Crippen MR) is 124 cm³/mol. The van der Waals surface area contributed by atoms with Crippen LogP contribution >= 0.6 is 0 Å². The number of fused-ring (bicyclic) bond motifs is 1. The first kappa shape index (κ1) is 22.9. The van der Waals surface area contributed by atoms with Gasteiger partial charge in [-0.05, 0) is 37.3 Å². The number of ether oxygens (including phenoxy) is 1. The number of benzene rings is 2. The largest absolute Gasteiger partial charge is 0.455 e. The molecule has 0 fully saturated rings. The van der Waals surface area contributed by atoms with E-state index >= 15 is 0 Å². The van der Waals surface area contributed by atoms with E-state index < -0.39 is 23.5 Å². The number of aromatic nitrogens is 5. The van der Waals surface area contributed by atoms with Gasteiger partial charge < -0.3 is 15.0 Å². The van der Waals surface area contributed by atoms with Crippen LogP contribution in [-0.4, -0.2) is 30.6 Å². The maximum atomic E-state index is 13.4. The third-order valence-electron chi connectivity index (χ3n) is 5.23. The molecule has 3 heterocycles. The second-order valence-corrected chi connectivity index (χ2v) is 7.86. The van der Waals surface area contributed by atoms with Crippen LogP contribution in [0.5, 0.6) is 11.5 Å². The normalized spacial score (nSPS) is 11.6. The van der Waals surface area contributed by atoms with Crippen LogP contribution in [-0.2, 0) is 6.18 Å². The Hall–Kier alpha value is -4.87. The molecule has 0 saturated heterocycles. The molecule has 1 amide bonds. The van der Waals surface area contributed by atoms with E-state index in [2.05, 4.69) is 25.4 Å². The summed E-state index contributed by atoms with van der Waals surface area (Å²) in [5.41, 5.74) is 0.453. The molecule has 0 radical (unpaired) electrons. The number of nitrogens with one attached hydrogen (secondary N) is 3. The lowest BCUT2D eigenvalue weighted by molar-refractivity contribution is -0.141. The number of rotatable bonds is 5. The first-order valence-electron chi connectivity index (χ1n) is 10.6. The minimum Gasteiger partial charge on any atom is -0.455 e. The maximum Gasteiger partial charge on any atom is 0.435 e. The number of pyridine rings is 1. The number of imidazole rings is 1. The van der Waals surface area contributed by atoms with Crippen molar-refractivity contribution in [2.75, 3.05) is 5.32 Å². The molecule has 182 valence electrons. The molecule has 12 heteroatoms. The number of anilines is 1. The molecule has 0 atom stereocenters. The summed E-state index contributed by atoms with van der Waals surface area (Å²) in [5, 5.41) is 6.15. The topological polar surface area (TPSA) is 118 Å². The summed E-state index contributed by atoms with van der Waals surface area (Å²) in [6.45, 7) is 1.84. The summed E-state index contributed by atoms with van der Waals surface area (Å²) in [6.07, 6.45) is -3.25. The first-order chi connectivity index (χ1) is 17.2. The van der Waals surface area contributed by atoms with Gasteiger partial charge in [-0.1, -0.05) is 23.8 Å². The van der Waals surface area contributed by atoms with E-state index in [1.165, 1.54) is 24.4 Å². The first-order valence-corrected chi connectivity index (χ1v) is 10.6. The molecule has 5 aromatic rings. The molecule has 0 aliphatic carbocycles. The van der Waals surface area contributed by atoms with E-state index in [0.29, 0.717) is 22.6 Å². The average Bonchev–Trinajstić information content (AvgIpc) is 3.43. The average molecular weight is 494 g/mol. The molecule has 5 rings (SSSR count). The van der Waals surface area contributed by atoms with Crippen molar-refractivity contribution in [3.05, 3.63) is 94.2 Å². The second-order valence-electron chi connectivity index (χ2n) is 7.86. The lowest BCUT2D eigenvalue weighted by atomic mass is 10.2. The van der Waals surface area contributed by atoms with Gasteiger partial charge in [0.1, 0.15) is 17.1 Å². The number of H-pyrrole nitrogens is 2. The van der Waals surface area contributed by atoms with Gasteiger partial charge in [-0.25, -0.2) is 14.5 Å². The molecular weight excluding hydrogens is 477 g/mol. The molecule has 0 unspecified atom stereocenters. The molecule has 0 saturated carbocycles. The van der Waals surface area contributed by atoms with Crippen molar-refractivity contribution in [1.82, 2.24) is 24.7 Å². The van der Waals surface area contributed by atoms with E-state index in [9.17, 15) is 22.8 Å².